The first kappa shape index (κ1) is 24.8. The maximum absolute atomic E-state index is 14.2. The second-order valence-electron chi connectivity index (χ2n) is 8.53. The summed E-state index contributed by atoms with van der Waals surface area (Å²) in [6.07, 6.45) is -10.8. The van der Waals surface area contributed by atoms with Crippen LogP contribution in [0.25, 0.3) is 11.3 Å². The second kappa shape index (κ2) is 8.33. The van der Waals surface area contributed by atoms with Crippen LogP contribution in [0.5, 0.6) is 11.5 Å². The summed E-state index contributed by atoms with van der Waals surface area (Å²) in [4.78, 5) is 17.0. The van der Waals surface area contributed by atoms with Crippen molar-refractivity contribution in [2.24, 2.45) is 0 Å². The van der Waals surface area contributed by atoms with Gasteiger partial charge in [0.15, 0.2) is 11.5 Å². The third kappa shape index (κ3) is 4.54. The van der Waals surface area contributed by atoms with Gasteiger partial charge in [0.05, 0.1) is 16.7 Å². The van der Waals surface area contributed by atoms with Crippen LogP contribution in [-0.2, 0) is 16.4 Å². The van der Waals surface area contributed by atoms with Crippen LogP contribution >= 0.6 is 0 Å². The number of hydrogen-bond acceptors (Lipinski definition) is 5. The summed E-state index contributed by atoms with van der Waals surface area (Å²) in [7, 11) is 0. The maximum atomic E-state index is 14.2. The number of alkyl halides is 6. The summed E-state index contributed by atoms with van der Waals surface area (Å²) >= 11 is 0. The molecule has 1 atom stereocenters. The van der Waals surface area contributed by atoms with Gasteiger partial charge in [0.25, 0.3) is 0 Å². The zero-order valence-corrected chi connectivity index (χ0v) is 18.4. The molecule has 2 N–H and O–H groups in total. The maximum Gasteiger partial charge on any atom is 0.586 e. The van der Waals surface area contributed by atoms with E-state index in [2.05, 4.69) is 19.8 Å². The lowest BCUT2D eigenvalue weighted by molar-refractivity contribution is -0.286. The molecule has 6 nitrogen and oxygen atoms in total. The molecule has 1 saturated carbocycles. The van der Waals surface area contributed by atoms with Gasteiger partial charge in [0, 0.05) is 11.1 Å². The number of nitrogens with one attached hydrogen (secondary N) is 1. The molecule has 1 unspecified atom stereocenters. The van der Waals surface area contributed by atoms with E-state index in [4.69, 9.17) is 5.11 Å². The minimum atomic E-state index is -4.90. The number of fused-ring (bicyclic) bond motifs is 1. The fraction of sp³-hybridized carbons (Fsp3) is 0.250. The van der Waals surface area contributed by atoms with Gasteiger partial charge in [0.2, 0.25) is 12.3 Å². The van der Waals surface area contributed by atoms with Crippen LogP contribution in [-0.4, -0.2) is 22.3 Å². The number of nitrogens with zero attached hydrogens (tertiary/aromatic N) is 1. The Morgan fingerprint density at radius 3 is 2.35 bits per heavy atom. The number of halogens is 7. The van der Waals surface area contributed by atoms with Crippen molar-refractivity contribution >= 4 is 11.7 Å². The number of aromatic nitrogens is 1. The number of rotatable bonds is 5. The Morgan fingerprint density at radius 1 is 1.03 bits per heavy atom. The number of amides is 1. The normalized spacial score (nSPS) is 17.8. The van der Waals surface area contributed by atoms with Crippen LogP contribution in [0.15, 0.2) is 48.5 Å². The molecule has 0 radical (unpaired) electrons. The zero-order chi connectivity index (χ0) is 26.8. The van der Waals surface area contributed by atoms with Gasteiger partial charge in [-0.05, 0) is 48.7 Å². The third-order valence-corrected chi connectivity index (χ3v) is 6.11. The molecule has 13 heteroatoms. The summed E-state index contributed by atoms with van der Waals surface area (Å²) in [6.45, 7) is 0. The lowest BCUT2D eigenvalue weighted by Gasteiger charge is -2.18. The Kier molecular flexibility index (Phi) is 5.59. The molecule has 37 heavy (non-hydrogen) atoms. The van der Waals surface area contributed by atoms with Crippen molar-refractivity contribution in [1.82, 2.24) is 4.98 Å². The molecule has 2 aromatic carbocycles. The molecule has 1 fully saturated rings. The van der Waals surface area contributed by atoms with Crippen LogP contribution in [0.4, 0.5) is 36.6 Å². The molecule has 0 saturated heterocycles. The first-order chi connectivity index (χ1) is 17.3. The van der Waals surface area contributed by atoms with Gasteiger partial charge in [-0.25, -0.2) is 13.8 Å². The SMILES string of the molecule is O=C(Nc1ccc(C(F)(F)F)c(-c2ccc(C(O)F)c(F)c2)n1)C1(c2ccc3c(c2)OC(F)(F)O3)CC1. The van der Waals surface area contributed by atoms with E-state index in [-0.39, 0.29) is 22.9 Å². The molecule has 1 aliphatic heterocycles. The molecule has 2 aliphatic rings. The lowest BCUT2D eigenvalue weighted by Crippen LogP contribution is -2.28. The van der Waals surface area contributed by atoms with Crippen molar-refractivity contribution in [3.05, 3.63) is 71.0 Å². The Bertz CT molecular complexity index is 1400. The van der Waals surface area contributed by atoms with Crippen LogP contribution in [0.1, 0.15) is 35.9 Å². The Hall–Kier alpha value is -3.87. The monoisotopic (exact) mass is 528 g/mol. The highest BCUT2D eigenvalue weighted by molar-refractivity contribution is 6.01. The summed E-state index contributed by atoms with van der Waals surface area (Å²) in [5.41, 5.74) is -3.94. The number of carbonyl (C=O) groups excluding carboxylic acids is 1. The van der Waals surface area contributed by atoms with Gasteiger partial charge in [-0.1, -0.05) is 18.2 Å². The van der Waals surface area contributed by atoms with Crippen LogP contribution in [0.3, 0.4) is 0 Å². The average Bonchev–Trinajstić information content (AvgIpc) is 3.55. The summed E-state index contributed by atoms with van der Waals surface area (Å²) in [5.74, 6) is -2.71. The molecule has 5 rings (SSSR count). The van der Waals surface area contributed by atoms with Crippen LogP contribution < -0.4 is 14.8 Å². The number of anilines is 1. The van der Waals surface area contributed by atoms with Crippen LogP contribution in [0.2, 0.25) is 0 Å². The Morgan fingerprint density at radius 2 is 1.73 bits per heavy atom. The molecule has 1 amide bonds. The minimum Gasteiger partial charge on any atom is -0.395 e. The largest absolute Gasteiger partial charge is 0.586 e. The highest BCUT2D eigenvalue weighted by Gasteiger charge is 2.53. The first-order valence-corrected chi connectivity index (χ1v) is 10.7. The molecular formula is C24H15F7N2O4. The van der Waals surface area contributed by atoms with E-state index in [1.165, 1.54) is 18.2 Å². The highest BCUT2D eigenvalue weighted by Crippen LogP contribution is 2.52. The smallest absolute Gasteiger partial charge is 0.395 e. The van der Waals surface area contributed by atoms with Crippen molar-refractivity contribution in [2.45, 2.75) is 37.1 Å². The van der Waals surface area contributed by atoms with Crippen molar-refractivity contribution in [3.8, 4) is 22.8 Å². The van der Waals surface area contributed by atoms with E-state index in [9.17, 15) is 35.5 Å². The standard InChI is InChI=1S/C24H15F7N2O4/c25-15-9-11(1-3-13(15)20(26)34)19-14(23(27,28)29)4-6-18(32-19)33-21(35)22(7-8-22)12-2-5-16-17(10-12)37-24(30,31)36-16/h1-6,9-10,20,34H,7-8H2,(H,32,33,35). The van der Waals surface area contributed by atoms with Crippen molar-refractivity contribution in [2.75, 3.05) is 5.32 Å². The lowest BCUT2D eigenvalue weighted by atomic mass is 9.94. The number of aliphatic hydroxyl groups is 1. The second-order valence-corrected chi connectivity index (χ2v) is 8.53. The summed E-state index contributed by atoms with van der Waals surface area (Å²) < 4.78 is 104. The number of pyridine rings is 1. The van der Waals surface area contributed by atoms with Gasteiger partial charge >= 0.3 is 12.5 Å². The van der Waals surface area contributed by atoms with E-state index in [1.54, 1.807) is 0 Å². The predicted octanol–water partition coefficient (Wildman–Crippen LogP) is 5.86. The molecule has 3 aromatic rings. The van der Waals surface area contributed by atoms with E-state index in [1.807, 2.05) is 0 Å². The van der Waals surface area contributed by atoms with Gasteiger partial charge in [-0.3, -0.25) is 4.79 Å². The number of benzene rings is 2. The fourth-order valence-electron chi connectivity index (χ4n) is 4.10. The van der Waals surface area contributed by atoms with Crippen LogP contribution in [0, 0.1) is 5.82 Å². The summed E-state index contributed by atoms with van der Waals surface area (Å²) in [6, 6.07) is 7.75. The Labute approximate surface area is 203 Å². The number of ether oxygens (including phenoxy) is 2. The third-order valence-electron chi connectivity index (χ3n) is 6.11. The van der Waals surface area contributed by atoms with E-state index in [0.717, 1.165) is 18.2 Å². The molecule has 0 spiro atoms. The van der Waals surface area contributed by atoms with Crippen molar-refractivity contribution in [1.29, 1.82) is 0 Å². The number of carbonyl (C=O) groups is 1. The minimum absolute atomic E-state index is 0.211. The van der Waals surface area contributed by atoms with E-state index in [0.29, 0.717) is 30.5 Å². The van der Waals surface area contributed by atoms with Crippen molar-refractivity contribution < 1.29 is 50.1 Å². The molecule has 2 heterocycles. The molecule has 194 valence electrons. The van der Waals surface area contributed by atoms with E-state index < -0.39 is 52.8 Å². The van der Waals surface area contributed by atoms with E-state index >= 15 is 0 Å². The molecule has 1 aromatic heterocycles. The zero-order valence-electron chi connectivity index (χ0n) is 18.4. The fourth-order valence-corrected chi connectivity index (χ4v) is 4.10. The quantitative estimate of drug-likeness (QED) is 0.406. The summed E-state index contributed by atoms with van der Waals surface area (Å²) in [5, 5.41) is 11.4. The number of aliphatic hydroxyl groups excluding tert-OH is 1. The van der Waals surface area contributed by atoms with Crippen molar-refractivity contribution in [3.63, 3.8) is 0 Å². The van der Waals surface area contributed by atoms with Gasteiger partial charge in [-0.2, -0.15) is 13.2 Å². The average molecular weight is 528 g/mol. The van der Waals surface area contributed by atoms with Gasteiger partial charge in [0.1, 0.15) is 11.6 Å². The molecule has 1 aliphatic carbocycles. The number of hydrogen-bond donors (Lipinski definition) is 2. The molecular weight excluding hydrogens is 513 g/mol. The first-order valence-electron chi connectivity index (χ1n) is 10.7. The van der Waals surface area contributed by atoms with Gasteiger partial charge in [-0.15, -0.1) is 8.78 Å². The Balaban J connectivity index is 1.46. The topological polar surface area (TPSA) is 80.7 Å². The van der Waals surface area contributed by atoms with Gasteiger partial charge < -0.3 is 19.9 Å². The predicted molar refractivity (Wildman–Crippen MR) is 113 cm³/mol. The highest BCUT2D eigenvalue weighted by atomic mass is 19.4. The molecule has 0 bridgehead atoms.